The number of nitrogens with one attached hydrogen (secondary N) is 2. The van der Waals surface area contributed by atoms with Crippen LogP contribution in [0.25, 0.3) is 0 Å². The van der Waals surface area contributed by atoms with Gasteiger partial charge in [-0.05, 0) is 39.1 Å². The second-order valence-corrected chi connectivity index (χ2v) is 5.26. The van der Waals surface area contributed by atoms with Gasteiger partial charge in [-0.1, -0.05) is 0 Å². The van der Waals surface area contributed by atoms with Crippen molar-refractivity contribution in [3.8, 4) is 0 Å². The zero-order chi connectivity index (χ0) is 18.0. The lowest BCUT2D eigenvalue weighted by molar-refractivity contribution is -0.112. The highest BCUT2D eigenvalue weighted by Crippen LogP contribution is 2.23. The van der Waals surface area contributed by atoms with Crippen LogP contribution in [0.4, 0.5) is 0 Å². The van der Waals surface area contributed by atoms with Gasteiger partial charge in [0.1, 0.15) is 11.4 Å². The first-order valence-corrected chi connectivity index (χ1v) is 7.18. The smallest absolute Gasteiger partial charge is 0.265 e. The molecule has 0 spiro atoms. The van der Waals surface area contributed by atoms with Crippen LogP contribution < -0.4 is 27.8 Å². The molecule has 0 aliphatic heterocycles. The molecule has 3 atom stereocenters. The summed E-state index contributed by atoms with van der Waals surface area (Å²) in [5.74, 6) is -0.387. The Labute approximate surface area is 136 Å². The molecule has 9 heteroatoms. The molecule has 1 unspecified atom stereocenters. The van der Waals surface area contributed by atoms with Crippen LogP contribution >= 0.6 is 0 Å². The number of aromatic nitrogens is 1. The molecule has 0 bridgehead atoms. The molecule has 0 aromatic carbocycles. The van der Waals surface area contributed by atoms with Crippen molar-refractivity contribution in [2.75, 3.05) is 14.1 Å². The van der Waals surface area contributed by atoms with E-state index in [0.29, 0.717) is 24.9 Å². The summed E-state index contributed by atoms with van der Waals surface area (Å²) in [5, 5.41) is 14.4. The number of aliphatic hydroxyl groups is 1. The first-order chi connectivity index (χ1) is 10.7. The summed E-state index contributed by atoms with van der Waals surface area (Å²) in [4.78, 5) is 20.6. The second-order valence-electron chi connectivity index (χ2n) is 5.26. The van der Waals surface area contributed by atoms with Crippen molar-refractivity contribution in [3.05, 3.63) is 24.0 Å². The van der Waals surface area contributed by atoms with Crippen LogP contribution in [-0.2, 0) is 11.8 Å². The van der Waals surface area contributed by atoms with E-state index in [9.17, 15) is 14.7 Å². The Bertz CT molecular complexity index is 481. The lowest BCUT2D eigenvalue weighted by atomic mass is 10.1. The maximum atomic E-state index is 10.5. The van der Waals surface area contributed by atoms with Crippen LogP contribution in [0.2, 0.25) is 0 Å². The molecule has 1 aliphatic rings. The number of nitrogens with zero attached hydrogens (tertiary/aromatic N) is 1. The summed E-state index contributed by atoms with van der Waals surface area (Å²) >= 11 is 0. The van der Waals surface area contributed by atoms with Crippen LogP contribution in [-0.4, -0.2) is 53.9 Å². The Hall–Kier alpha value is -1.94. The van der Waals surface area contributed by atoms with Crippen LogP contribution in [0, 0.1) is 0 Å². The molecular formula is C14H28N6O3. The standard InChI is InChI=1S/C6H13N3O2.C6H8N2O.C2H7N/c7-4-1-2-5(11)6(4,8)9-3-10;1-8-4-2-3-5(8)6(7)9;1-3-2/h3-5,11H,1-2,7-8H2,(H,9,10);2-4H,1H3,(H2,7,9);3H,1-2H3/t4?,5-,6+;;/m1../s1. The maximum Gasteiger partial charge on any atom is 0.265 e. The van der Waals surface area contributed by atoms with Crippen molar-refractivity contribution < 1.29 is 14.7 Å². The van der Waals surface area contributed by atoms with Gasteiger partial charge in [-0.2, -0.15) is 0 Å². The number of carbonyl (C=O) groups excluding carboxylic acids is 2. The summed E-state index contributed by atoms with van der Waals surface area (Å²) < 4.78 is 1.68. The Morgan fingerprint density at radius 3 is 2.30 bits per heavy atom. The van der Waals surface area contributed by atoms with E-state index in [1.54, 1.807) is 29.9 Å². The predicted molar refractivity (Wildman–Crippen MR) is 88.2 cm³/mol. The number of aryl methyl sites for hydroxylation is 1. The number of nitrogens with two attached hydrogens (primary N) is 3. The fourth-order valence-electron chi connectivity index (χ4n) is 2.08. The molecule has 1 saturated carbocycles. The Balaban J connectivity index is 0.000000365. The number of carbonyl (C=O) groups is 2. The zero-order valence-corrected chi connectivity index (χ0v) is 13.8. The first kappa shape index (κ1) is 21.1. The molecule has 9 N–H and O–H groups in total. The molecule has 2 rings (SSSR count). The minimum absolute atomic E-state index is 0.359. The number of primary amides is 1. The van der Waals surface area contributed by atoms with Gasteiger partial charge in [0.25, 0.3) is 5.91 Å². The summed E-state index contributed by atoms with van der Waals surface area (Å²) in [6, 6.07) is 3.10. The Morgan fingerprint density at radius 1 is 1.48 bits per heavy atom. The van der Waals surface area contributed by atoms with Crippen LogP contribution in [0.15, 0.2) is 18.3 Å². The number of rotatable bonds is 3. The van der Waals surface area contributed by atoms with E-state index in [1.165, 1.54) is 0 Å². The van der Waals surface area contributed by atoms with Gasteiger partial charge in [0.2, 0.25) is 6.41 Å². The van der Waals surface area contributed by atoms with Crippen molar-refractivity contribution in [2.45, 2.75) is 30.7 Å². The molecule has 1 aromatic rings. The lowest BCUT2D eigenvalue weighted by Gasteiger charge is -2.31. The number of amides is 2. The molecule has 132 valence electrons. The topological polar surface area (TPSA) is 161 Å². The van der Waals surface area contributed by atoms with E-state index in [1.807, 2.05) is 14.1 Å². The molecule has 0 saturated heterocycles. The molecule has 9 nitrogen and oxygen atoms in total. The van der Waals surface area contributed by atoms with Crippen molar-refractivity contribution in [1.29, 1.82) is 0 Å². The third-order valence-corrected chi connectivity index (χ3v) is 3.42. The zero-order valence-electron chi connectivity index (χ0n) is 13.8. The van der Waals surface area contributed by atoms with Crippen LogP contribution in [0.5, 0.6) is 0 Å². The third-order valence-electron chi connectivity index (χ3n) is 3.42. The van der Waals surface area contributed by atoms with Crippen LogP contribution in [0.3, 0.4) is 0 Å². The highest BCUT2D eigenvalue weighted by molar-refractivity contribution is 5.91. The minimum atomic E-state index is -1.12. The predicted octanol–water partition coefficient (Wildman–Crippen LogP) is -2.17. The van der Waals surface area contributed by atoms with Gasteiger partial charge in [0.15, 0.2) is 0 Å². The summed E-state index contributed by atoms with van der Waals surface area (Å²) in [6.45, 7) is 0. The Kier molecular flexibility index (Phi) is 9.11. The quantitative estimate of drug-likeness (QED) is 0.273. The van der Waals surface area contributed by atoms with Gasteiger partial charge in [0.05, 0.1) is 6.10 Å². The van der Waals surface area contributed by atoms with Crippen molar-refractivity contribution >= 4 is 12.3 Å². The van der Waals surface area contributed by atoms with E-state index in [4.69, 9.17) is 17.2 Å². The highest BCUT2D eigenvalue weighted by Gasteiger charge is 2.44. The van der Waals surface area contributed by atoms with Gasteiger partial charge in [-0.25, -0.2) is 0 Å². The molecule has 2 amide bonds. The second kappa shape index (κ2) is 9.95. The molecule has 1 fully saturated rings. The number of hydrogen-bond donors (Lipinski definition) is 6. The van der Waals surface area contributed by atoms with Gasteiger partial charge >= 0.3 is 0 Å². The van der Waals surface area contributed by atoms with Gasteiger partial charge in [-0.15, -0.1) is 0 Å². The average molecular weight is 328 g/mol. The van der Waals surface area contributed by atoms with E-state index in [0.717, 1.165) is 0 Å². The lowest BCUT2D eigenvalue weighted by Crippen LogP contribution is -2.67. The molecule has 1 aromatic heterocycles. The van der Waals surface area contributed by atoms with Crippen molar-refractivity contribution in [1.82, 2.24) is 15.2 Å². The van der Waals surface area contributed by atoms with Gasteiger partial charge in [0, 0.05) is 19.3 Å². The molecular weight excluding hydrogens is 300 g/mol. The van der Waals surface area contributed by atoms with E-state index >= 15 is 0 Å². The Morgan fingerprint density at radius 2 is 2.04 bits per heavy atom. The third kappa shape index (κ3) is 5.99. The molecule has 23 heavy (non-hydrogen) atoms. The van der Waals surface area contributed by atoms with Gasteiger partial charge in [-0.3, -0.25) is 9.59 Å². The first-order valence-electron chi connectivity index (χ1n) is 7.18. The van der Waals surface area contributed by atoms with Crippen molar-refractivity contribution in [2.24, 2.45) is 24.2 Å². The molecule has 1 aliphatic carbocycles. The molecule has 1 heterocycles. The normalized spacial score (nSPS) is 25.5. The minimum Gasteiger partial charge on any atom is -0.389 e. The summed E-state index contributed by atoms with van der Waals surface area (Å²) in [6.07, 6.45) is 2.69. The fraction of sp³-hybridized carbons (Fsp3) is 0.571. The van der Waals surface area contributed by atoms with E-state index in [-0.39, 0.29) is 11.9 Å². The van der Waals surface area contributed by atoms with Crippen molar-refractivity contribution in [3.63, 3.8) is 0 Å². The monoisotopic (exact) mass is 328 g/mol. The largest absolute Gasteiger partial charge is 0.389 e. The number of hydrogen-bond acceptors (Lipinski definition) is 6. The molecule has 0 radical (unpaired) electrons. The summed E-state index contributed by atoms with van der Waals surface area (Å²) in [7, 11) is 5.53. The van der Waals surface area contributed by atoms with Crippen LogP contribution in [0.1, 0.15) is 23.3 Å². The fourth-order valence-corrected chi connectivity index (χ4v) is 2.08. The highest BCUT2D eigenvalue weighted by atomic mass is 16.3. The number of aliphatic hydroxyl groups excluding tert-OH is 1. The van der Waals surface area contributed by atoms with E-state index < -0.39 is 11.8 Å². The maximum absolute atomic E-state index is 10.5. The summed E-state index contributed by atoms with van der Waals surface area (Å²) in [5.41, 5.74) is 15.6. The van der Waals surface area contributed by atoms with Gasteiger partial charge < -0.3 is 37.5 Å². The van der Waals surface area contributed by atoms with E-state index in [2.05, 4.69) is 10.6 Å². The average Bonchev–Trinajstić information content (AvgIpc) is 3.01. The SMILES string of the molecule is CNC.Cn1cccc1C(N)=O.NC1CC[C@@H](O)[C@@]1(N)NC=O.